The smallest absolute Gasteiger partial charge is 0.102 e. The van der Waals surface area contributed by atoms with Gasteiger partial charge in [-0.2, -0.15) is 0 Å². The predicted octanol–water partition coefficient (Wildman–Crippen LogP) is 2.94. The normalized spacial score (nSPS) is 26.1. The Morgan fingerprint density at radius 2 is 1.78 bits per heavy atom. The molecule has 0 amide bonds. The summed E-state index contributed by atoms with van der Waals surface area (Å²) in [5, 5.41) is 14.3. The summed E-state index contributed by atoms with van der Waals surface area (Å²) >= 11 is 0. The summed E-state index contributed by atoms with van der Waals surface area (Å²) in [6, 6.07) is 8.74. The molecular weight excluding hydrogens is 222 g/mol. The van der Waals surface area contributed by atoms with E-state index in [1.807, 2.05) is 6.07 Å². The number of benzene rings is 1. The summed E-state index contributed by atoms with van der Waals surface area (Å²) in [5.74, 6) is 0. The van der Waals surface area contributed by atoms with Crippen LogP contribution in [0.4, 0.5) is 0 Å². The zero-order valence-electron chi connectivity index (χ0n) is 12.0. The van der Waals surface area contributed by atoms with Crippen molar-refractivity contribution < 1.29 is 5.11 Å². The third-order valence-electron chi connectivity index (χ3n) is 4.12. The molecule has 0 saturated carbocycles. The van der Waals surface area contributed by atoms with Crippen molar-refractivity contribution in [2.45, 2.75) is 57.6 Å². The van der Waals surface area contributed by atoms with Crippen LogP contribution in [-0.4, -0.2) is 17.7 Å². The Morgan fingerprint density at radius 3 is 2.39 bits per heavy atom. The molecule has 2 rings (SSSR count). The maximum Gasteiger partial charge on any atom is 0.102 e. The van der Waals surface area contributed by atoms with Crippen LogP contribution in [0.5, 0.6) is 0 Å². The Hall–Kier alpha value is -0.860. The lowest BCUT2D eigenvalue weighted by molar-refractivity contribution is 0.00779. The molecule has 0 radical (unpaired) electrons. The van der Waals surface area contributed by atoms with Crippen LogP contribution in [0.1, 0.15) is 51.7 Å². The molecule has 1 aromatic rings. The first-order chi connectivity index (χ1) is 8.35. The molecule has 0 aromatic heterocycles. The largest absolute Gasteiger partial charge is 0.384 e. The summed E-state index contributed by atoms with van der Waals surface area (Å²) < 4.78 is 0. The fraction of sp³-hybridized carbons (Fsp3) is 0.625. The molecule has 0 heterocycles. The van der Waals surface area contributed by atoms with E-state index in [4.69, 9.17) is 0 Å². The first-order valence-corrected chi connectivity index (χ1v) is 6.91. The van der Waals surface area contributed by atoms with Crippen LogP contribution in [0.15, 0.2) is 24.3 Å². The van der Waals surface area contributed by atoms with Crippen LogP contribution in [0.25, 0.3) is 0 Å². The molecule has 0 spiro atoms. The van der Waals surface area contributed by atoms with E-state index in [-0.39, 0.29) is 5.41 Å². The van der Waals surface area contributed by atoms with Crippen LogP contribution in [-0.2, 0) is 11.0 Å². The summed E-state index contributed by atoms with van der Waals surface area (Å²) in [6.07, 6.45) is 1.86. The van der Waals surface area contributed by atoms with Crippen molar-refractivity contribution in [2.24, 2.45) is 0 Å². The van der Waals surface area contributed by atoms with E-state index in [2.05, 4.69) is 51.2 Å². The lowest BCUT2D eigenvalue weighted by Gasteiger charge is -2.42. The number of fused-ring (bicyclic) bond motifs is 1. The summed E-state index contributed by atoms with van der Waals surface area (Å²) in [5.41, 5.74) is 1.86. The van der Waals surface area contributed by atoms with E-state index >= 15 is 0 Å². The van der Waals surface area contributed by atoms with Gasteiger partial charge in [0.2, 0.25) is 0 Å². The van der Waals surface area contributed by atoms with Gasteiger partial charge in [-0.1, -0.05) is 52.0 Å². The van der Waals surface area contributed by atoms with Crippen LogP contribution >= 0.6 is 0 Å². The second-order valence-corrected chi connectivity index (χ2v) is 6.50. The summed E-state index contributed by atoms with van der Waals surface area (Å²) in [7, 11) is 0. The monoisotopic (exact) mass is 247 g/mol. The van der Waals surface area contributed by atoms with Gasteiger partial charge in [-0.3, -0.25) is 0 Å². The van der Waals surface area contributed by atoms with Gasteiger partial charge in [-0.25, -0.2) is 0 Å². The van der Waals surface area contributed by atoms with Gasteiger partial charge in [0.25, 0.3) is 0 Å². The topological polar surface area (TPSA) is 32.3 Å². The van der Waals surface area contributed by atoms with Gasteiger partial charge < -0.3 is 10.4 Å². The van der Waals surface area contributed by atoms with Crippen molar-refractivity contribution in [1.82, 2.24) is 5.32 Å². The maximum absolute atomic E-state index is 10.9. The number of hydrogen-bond acceptors (Lipinski definition) is 2. The van der Waals surface area contributed by atoms with E-state index in [0.29, 0.717) is 12.6 Å². The predicted molar refractivity (Wildman–Crippen MR) is 75.7 cm³/mol. The van der Waals surface area contributed by atoms with Crippen LogP contribution in [0.3, 0.4) is 0 Å². The first kappa shape index (κ1) is 13.6. The molecule has 0 bridgehead atoms. The highest BCUT2D eigenvalue weighted by molar-refractivity contribution is 5.40. The number of nitrogens with one attached hydrogen (secondary N) is 1. The number of aliphatic hydroxyl groups is 1. The Kier molecular flexibility index (Phi) is 3.52. The molecule has 2 nitrogen and oxygen atoms in total. The second kappa shape index (κ2) is 4.67. The zero-order valence-corrected chi connectivity index (χ0v) is 12.0. The van der Waals surface area contributed by atoms with Crippen molar-refractivity contribution >= 4 is 0 Å². The molecule has 1 unspecified atom stereocenters. The van der Waals surface area contributed by atoms with E-state index in [9.17, 15) is 5.11 Å². The third kappa shape index (κ3) is 2.45. The van der Waals surface area contributed by atoms with Crippen molar-refractivity contribution in [2.75, 3.05) is 6.54 Å². The van der Waals surface area contributed by atoms with Gasteiger partial charge in [0.15, 0.2) is 0 Å². The average Bonchev–Trinajstić information content (AvgIpc) is 2.33. The van der Waals surface area contributed by atoms with E-state index in [0.717, 1.165) is 18.4 Å². The fourth-order valence-corrected chi connectivity index (χ4v) is 2.82. The first-order valence-electron chi connectivity index (χ1n) is 6.91. The average molecular weight is 247 g/mol. The highest BCUT2D eigenvalue weighted by Crippen LogP contribution is 2.44. The Bertz CT molecular complexity index is 425. The SMILES string of the molecule is CC(C)NCC1(O)CCC(C)(C)c2ccccc21. The summed E-state index contributed by atoms with van der Waals surface area (Å²) in [6.45, 7) is 9.39. The Balaban J connectivity index is 2.35. The minimum absolute atomic E-state index is 0.167. The van der Waals surface area contributed by atoms with Crippen molar-refractivity contribution in [1.29, 1.82) is 0 Å². The minimum Gasteiger partial charge on any atom is -0.384 e. The van der Waals surface area contributed by atoms with Crippen molar-refractivity contribution in [3.63, 3.8) is 0 Å². The van der Waals surface area contributed by atoms with Gasteiger partial charge in [0.05, 0.1) is 0 Å². The quantitative estimate of drug-likeness (QED) is 0.860. The lowest BCUT2D eigenvalue weighted by Crippen LogP contribution is -2.46. The van der Waals surface area contributed by atoms with E-state index < -0.39 is 5.60 Å². The maximum atomic E-state index is 10.9. The summed E-state index contributed by atoms with van der Waals surface area (Å²) in [4.78, 5) is 0. The van der Waals surface area contributed by atoms with Gasteiger partial charge in [-0.15, -0.1) is 0 Å². The number of rotatable bonds is 3. The van der Waals surface area contributed by atoms with E-state index in [1.54, 1.807) is 0 Å². The van der Waals surface area contributed by atoms with Gasteiger partial charge in [0, 0.05) is 12.6 Å². The van der Waals surface area contributed by atoms with Crippen LogP contribution in [0.2, 0.25) is 0 Å². The van der Waals surface area contributed by atoms with Crippen LogP contribution < -0.4 is 5.32 Å². The molecule has 18 heavy (non-hydrogen) atoms. The molecule has 0 aliphatic heterocycles. The van der Waals surface area contributed by atoms with Gasteiger partial charge in [-0.05, 0) is 29.4 Å². The number of hydrogen-bond donors (Lipinski definition) is 2. The second-order valence-electron chi connectivity index (χ2n) is 6.50. The van der Waals surface area contributed by atoms with Crippen LogP contribution in [0, 0.1) is 0 Å². The van der Waals surface area contributed by atoms with E-state index in [1.165, 1.54) is 5.56 Å². The van der Waals surface area contributed by atoms with Gasteiger partial charge in [0.1, 0.15) is 5.60 Å². The highest BCUT2D eigenvalue weighted by Gasteiger charge is 2.40. The molecule has 2 N–H and O–H groups in total. The molecule has 100 valence electrons. The standard InChI is InChI=1S/C16H25NO/c1-12(2)17-11-16(18)10-9-15(3,4)13-7-5-6-8-14(13)16/h5-8,12,17-18H,9-11H2,1-4H3. The molecule has 1 aromatic carbocycles. The minimum atomic E-state index is -0.712. The molecule has 2 heteroatoms. The molecule has 0 fully saturated rings. The third-order valence-corrected chi connectivity index (χ3v) is 4.12. The molecule has 1 aliphatic carbocycles. The van der Waals surface area contributed by atoms with Crippen molar-refractivity contribution in [3.05, 3.63) is 35.4 Å². The highest BCUT2D eigenvalue weighted by atomic mass is 16.3. The molecule has 0 saturated heterocycles. The lowest BCUT2D eigenvalue weighted by atomic mass is 9.67. The fourth-order valence-electron chi connectivity index (χ4n) is 2.82. The zero-order chi connectivity index (χ0) is 13.4. The van der Waals surface area contributed by atoms with Gasteiger partial charge >= 0.3 is 0 Å². The van der Waals surface area contributed by atoms with Crippen molar-refractivity contribution in [3.8, 4) is 0 Å². The Morgan fingerprint density at radius 1 is 1.17 bits per heavy atom. The molecular formula is C16H25NO. The molecule has 1 atom stereocenters. The molecule has 1 aliphatic rings. The Labute approximate surface area is 110 Å².